The second-order valence-electron chi connectivity index (χ2n) is 6.75. The van der Waals surface area contributed by atoms with Crippen LogP contribution in [-0.2, 0) is 13.0 Å². The van der Waals surface area contributed by atoms with Gasteiger partial charge in [-0.2, -0.15) is 10.1 Å². The standard InChI is InChI=1S/C18H19N5O2/c1-2-8-23-15(3-1)14(10-20-23)18-21-17(22-25-18)13-6-7-16(19-9-13)24-11-12-4-5-12/h6-7,9-10,12H,1-5,8,11H2. The molecular formula is C18H19N5O2. The lowest BCUT2D eigenvalue weighted by Crippen LogP contribution is -2.11. The molecule has 1 saturated carbocycles. The summed E-state index contributed by atoms with van der Waals surface area (Å²) in [6, 6.07) is 3.77. The molecule has 0 saturated heterocycles. The van der Waals surface area contributed by atoms with Crippen LogP contribution in [0.2, 0.25) is 0 Å². The van der Waals surface area contributed by atoms with E-state index in [1.807, 2.05) is 23.0 Å². The van der Waals surface area contributed by atoms with Gasteiger partial charge in [0.25, 0.3) is 5.89 Å². The number of ether oxygens (including phenoxy) is 1. The number of fused-ring (bicyclic) bond motifs is 1. The van der Waals surface area contributed by atoms with Gasteiger partial charge in [-0.25, -0.2) is 4.98 Å². The van der Waals surface area contributed by atoms with E-state index in [-0.39, 0.29) is 0 Å². The average Bonchev–Trinajstić information content (AvgIpc) is 3.18. The van der Waals surface area contributed by atoms with Crippen molar-refractivity contribution >= 4 is 0 Å². The molecule has 0 radical (unpaired) electrons. The zero-order valence-corrected chi connectivity index (χ0v) is 13.9. The number of hydrogen-bond donors (Lipinski definition) is 0. The summed E-state index contributed by atoms with van der Waals surface area (Å²) in [7, 11) is 0. The van der Waals surface area contributed by atoms with E-state index >= 15 is 0 Å². The molecule has 0 unspecified atom stereocenters. The molecule has 7 heteroatoms. The second kappa shape index (κ2) is 5.98. The number of rotatable bonds is 5. The van der Waals surface area contributed by atoms with Crippen molar-refractivity contribution in [3.8, 4) is 28.7 Å². The Morgan fingerprint density at radius 2 is 2.16 bits per heavy atom. The highest BCUT2D eigenvalue weighted by molar-refractivity contribution is 5.60. The largest absolute Gasteiger partial charge is 0.477 e. The van der Waals surface area contributed by atoms with E-state index in [0.29, 0.717) is 23.5 Å². The predicted molar refractivity (Wildman–Crippen MR) is 89.9 cm³/mol. The van der Waals surface area contributed by atoms with E-state index in [2.05, 4.69) is 20.2 Å². The Labute approximate surface area is 145 Å². The molecule has 3 aromatic rings. The Balaban J connectivity index is 1.36. The van der Waals surface area contributed by atoms with Crippen LogP contribution in [0.1, 0.15) is 31.4 Å². The molecule has 4 heterocycles. The summed E-state index contributed by atoms with van der Waals surface area (Å²) in [5.41, 5.74) is 2.94. The molecule has 2 aliphatic rings. The third-order valence-corrected chi connectivity index (χ3v) is 4.80. The molecule has 0 N–H and O–H groups in total. The Hall–Kier alpha value is -2.70. The number of aryl methyl sites for hydroxylation is 1. The minimum Gasteiger partial charge on any atom is -0.477 e. The smallest absolute Gasteiger partial charge is 0.261 e. The van der Waals surface area contributed by atoms with Crippen LogP contribution < -0.4 is 4.74 Å². The Morgan fingerprint density at radius 3 is 3.00 bits per heavy atom. The van der Waals surface area contributed by atoms with Gasteiger partial charge in [0.2, 0.25) is 11.7 Å². The van der Waals surface area contributed by atoms with Gasteiger partial charge in [-0.1, -0.05) is 5.16 Å². The van der Waals surface area contributed by atoms with Crippen molar-refractivity contribution in [1.82, 2.24) is 24.9 Å². The molecule has 0 atom stereocenters. The minimum atomic E-state index is 0.521. The second-order valence-corrected chi connectivity index (χ2v) is 6.75. The lowest BCUT2D eigenvalue weighted by Gasteiger charge is -2.13. The first-order valence-corrected chi connectivity index (χ1v) is 8.85. The molecule has 5 rings (SSSR count). The summed E-state index contributed by atoms with van der Waals surface area (Å²) >= 11 is 0. The highest BCUT2D eigenvalue weighted by atomic mass is 16.5. The molecule has 0 bridgehead atoms. The summed E-state index contributed by atoms with van der Waals surface area (Å²) in [6.07, 6.45) is 9.43. The highest BCUT2D eigenvalue weighted by Gasteiger charge is 2.22. The van der Waals surface area contributed by atoms with Crippen LogP contribution in [0.5, 0.6) is 5.88 Å². The fraction of sp³-hybridized carbons (Fsp3) is 0.444. The van der Waals surface area contributed by atoms with Crippen LogP contribution in [0, 0.1) is 5.92 Å². The number of nitrogens with zero attached hydrogens (tertiary/aromatic N) is 5. The van der Waals surface area contributed by atoms with Crippen LogP contribution in [0.15, 0.2) is 29.0 Å². The molecule has 1 aliphatic carbocycles. The van der Waals surface area contributed by atoms with Gasteiger partial charge in [0.15, 0.2) is 0 Å². The van der Waals surface area contributed by atoms with Gasteiger partial charge < -0.3 is 9.26 Å². The number of aromatic nitrogens is 5. The Kier molecular flexibility index (Phi) is 3.50. The van der Waals surface area contributed by atoms with Gasteiger partial charge in [-0.05, 0) is 44.1 Å². The normalized spacial score (nSPS) is 16.6. The average molecular weight is 337 g/mol. The van der Waals surface area contributed by atoms with Crippen LogP contribution in [-0.4, -0.2) is 31.5 Å². The molecule has 0 aromatic carbocycles. The van der Waals surface area contributed by atoms with Gasteiger partial charge in [0.1, 0.15) is 0 Å². The van der Waals surface area contributed by atoms with Crippen LogP contribution >= 0.6 is 0 Å². The van der Waals surface area contributed by atoms with Gasteiger partial charge in [0, 0.05) is 24.4 Å². The summed E-state index contributed by atoms with van der Waals surface area (Å²) < 4.78 is 13.2. The maximum Gasteiger partial charge on any atom is 0.261 e. The monoisotopic (exact) mass is 337 g/mol. The number of hydrogen-bond acceptors (Lipinski definition) is 6. The molecule has 1 aliphatic heterocycles. The van der Waals surface area contributed by atoms with Gasteiger partial charge in [0.05, 0.1) is 24.1 Å². The molecule has 128 valence electrons. The predicted octanol–water partition coefficient (Wildman–Crippen LogP) is 3.12. The van der Waals surface area contributed by atoms with Crippen molar-refractivity contribution in [2.75, 3.05) is 6.61 Å². The first kappa shape index (κ1) is 14.6. The Bertz CT molecular complexity index is 879. The Morgan fingerprint density at radius 1 is 1.20 bits per heavy atom. The van der Waals surface area contributed by atoms with Crippen molar-refractivity contribution in [2.24, 2.45) is 5.92 Å². The van der Waals surface area contributed by atoms with Crippen LogP contribution in [0.25, 0.3) is 22.8 Å². The topological polar surface area (TPSA) is 78.9 Å². The van der Waals surface area contributed by atoms with Crippen molar-refractivity contribution in [3.63, 3.8) is 0 Å². The summed E-state index contributed by atoms with van der Waals surface area (Å²) in [4.78, 5) is 8.87. The third kappa shape index (κ3) is 2.90. The third-order valence-electron chi connectivity index (χ3n) is 4.80. The maximum absolute atomic E-state index is 5.66. The van der Waals surface area contributed by atoms with Crippen molar-refractivity contribution in [3.05, 3.63) is 30.2 Å². The quantitative estimate of drug-likeness (QED) is 0.712. The van der Waals surface area contributed by atoms with Crippen LogP contribution in [0.4, 0.5) is 0 Å². The van der Waals surface area contributed by atoms with E-state index in [4.69, 9.17) is 9.26 Å². The van der Waals surface area contributed by atoms with Crippen molar-refractivity contribution in [1.29, 1.82) is 0 Å². The molecule has 3 aromatic heterocycles. The molecule has 25 heavy (non-hydrogen) atoms. The lowest BCUT2D eigenvalue weighted by atomic mass is 10.1. The fourth-order valence-corrected chi connectivity index (χ4v) is 3.14. The van der Waals surface area contributed by atoms with Gasteiger partial charge in [-0.15, -0.1) is 0 Å². The van der Waals surface area contributed by atoms with Gasteiger partial charge in [-0.3, -0.25) is 4.68 Å². The van der Waals surface area contributed by atoms with Gasteiger partial charge >= 0.3 is 0 Å². The SMILES string of the molecule is c1cc(OCC2CC2)ncc1-c1noc(-c2cnn3c2CCCC3)n1. The zero-order valence-electron chi connectivity index (χ0n) is 13.9. The molecule has 7 nitrogen and oxygen atoms in total. The van der Waals surface area contributed by atoms with E-state index < -0.39 is 0 Å². The summed E-state index contributed by atoms with van der Waals surface area (Å²) in [6.45, 7) is 1.72. The summed E-state index contributed by atoms with van der Waals surface area (Å²) in [5, 5.41) is 8.53. The molecule has 0 amide bonds. The zero-order chi connectivity index (χ0) is 16.6. The van der Waals surface area contributed by atoms with Crippen LogP contribution in [0.3, 0.4) is 0 Å². The maximum atomic E-state index is 5.66. The van der Waals surface area contributed by atoms with E-state index in [0.717, 1.165) is 30.7 Å². The van der Waals surface area contributed by atoms with E-state index in [9.17, 15) is 0 Å². The first-order chi connectivity index (χ1) is 12.4. The number of pyridine rings is 1. The fourth-order valence-electron chi connectivity index (χ4n) is 3.14. The molecule has 1 fully saturated rings. The van der Waals surface area contributed by atoms with Crippen molar-refractivity contribution < 1.29 is 9.26 Å². The lowest BCUT2D eigenvalue weighted by molar-refractivity contribution is 0.288. The molecular weight excluding hydrogens is 318 g/mol. The first-order valence-electron chi connectivity index (χ1n) is 8.85. The van der Waals surface area contributed by atoms with E-state index in [1.165, 1.54) is 31.4 Å². The highest BCUT2D eigenvalue weighted by Crippen LogP contribution is 2.30. The molecule has 0 spiro atoms. The van der Waals surface area contributed by atoms with Crippen molar-refractivity contribution in [2.45, 2.75) is 38.6 Å². The summed E-state index contributed by atoms with van der Waals surface area (Å²) in [5.74, 6) is 2.41. The minimum absolute atomic E-state index is 0.521. The van der Waals surface area contributed by atoms with E-state index in [1.54, 1.807) is 6.20 Å².